The van der Waals surface area contributed by atoms with Gasteiger partial charge in [0.25, 0.3) is 0 Å². The maximum Gasteiger partial charge on any atom is 0.407 e. The molecule has 2 atom stereocenters. The molecule has 1 fully saturated rings. The molecule has 8 nitrogen and oxygen atoms in total. The Morgan fingerprint density at radius 3 is 2.88 bits per heavy atom. The van der Waals surface area contributed by atoms with Crippen LogP contribution >= 0.6 is 0 Å². The molecule has 2 aromatic rings. The van der Waals surface area contributed by atoms with Crippen LogP contribution in [0.15, 0.2) is 36.8 Å². The topological polar surface area (TPSA) is 89.7 Å². The van der Waals surface area contributed by atoms with Gasteiger partial charge in [0.15, 0.2) is 0 Å². The number of alkyl halides is 2. The van der Waals surface area contributed by atoms with Crippen LogP contribution in [0.4, 0.5) is 13.6 Å². The molecule has 3 rings (SSSR count). The number of aromatic nitrogens is 3. The van der Waals surface area contributed by atoms with E-state index in [0.29, 0.717) is 5.88 Å². The second-order valence-corrected chi connectivity index (χ2v) is 5.46. The lowest BCUT2D eigenvalue weighted by Gasteiger charge is -2.20. The van der Waals surface area contributed by atoms with E-state index in [1.54, 1.807) is 41.5 Å². The maximum atomic E-state index is 12.2. The number of hydrogen-bond acceptors (Lipinski definition) is 5. The summed E-state index contributed by atoms with van der Waals surface area (Å²) in [6.45, 7) is -3.25. The quantitative estimate of drug-likeness (QED) is 0.853. The minimum atomic E-state index is -2.94. The Kier molecular flexibility index (Phi) is 5.08. The van der Waals surface area contributed by atoms with Crippen molar-refractivity contribution in [2.75, 3.05) is 13.2 Å². The van der Waals surface area contributed by atoms with E-state index in [4.69, 9.17) is 4.74 Å². The summed E-state index contributed by atoms with van der Waals surface area (Å²) >= 11 is 0. The smallest absolute Gasteiger partial charge is 0.407 e. The number of amides is 1. The van der Waals surface area contributed by atoms with Gasteiger partial charge >= 0.3 is 12.7 Å². The van der Waals surface area contributed by atoms with Gasteiger partial charge < -0.3 is 14.6 Å². The van der Waals surface area contributed by atoms with Crippen LogP contribution in [0.5, 0.6) is 5.88 Å². The molecular weight excluding hydrogens is 338 g/mol. The number of ether oxygens (including phenoxy) is 2. The third kappa shape index (κ3) is 4.21. The highest BCUT2D eigenvalue weighted by Crippen LogP contribution is 2.23. The molecule has 0 saturated carbocycles. The minimum Gasteiger partial charge on any atom is -0.472 e. The third-order valence-corrected chi connectivity index (χ3v) is 3.81. The van der Waals surface area contributed by atoms with E-state index in [1.807, 2.05) is 0 Å². The molecule has 0 unspecified atom stereocenters. The zero-order chi connectivity index (χ0) is 17.8. The molecule has 0 aromatic carbocycles. The molecule has 1 amide bonds. The number of hydrogen-bond donors (Lipinski definition) is 1. The zero-order valence-electron chi connectivity index (χ0n) is 13.0. The molecule has 1 aliphatic heterocycles. The van der Waals surface area contributed by atoms with E-state index in [2.05, 4.69) is 14.8 Å². The fourth-order valence-corrected chi connectivity index (χ4v) is 2.71. The number of carbonyl (C=O) groups is 1. The summed E-state index contributed by atoms with van der Waals surface area (Å²) in [6, 6.07) is 4.51. The highest BCUT2D eigenvalue weighted by molar-refractivity contribution is 5.66. The fourth-order valence-electron chi connectivity index (χ4n) is 2.71. The van der Waals surface area contributed by atoms with Gasteiger partial charge in [-0.3, -0.25) is 4.90 Å². The first kappa shape index (κ1) is 17.1. The summed E-state index contributed by atoms with van der Waals surface area (Å²) < 4.78 is 35.9. The average molecular weight is 354 g/mol. The summed E-state index contributed by atoms with van der Waals surface area (Å²) in [5, 5.41) is 13.3. The molecule has 0 radical (unpaired) electrons. The molecule has 0 bridgehead atoms. The Morgan fingerprint density at radius 2 is 2.28 bits per heavy atom. The molecule has 25 heavy (non-hydrogen) atoms. The monoisotopic (exact) mass is 354 g/mol. The van der Waals surface area contributed by atoms with Crippen molar-refractivity contribution in [2.24, 2.45) is 0 Å². The van der Waals surface area contributed by atoms with Crippen molar-refractivity contribution < 1.29 is 28.2 Å². The predicted molar refractivity (Wildman–Crippen MR) is 80.9 cm³/mol. The first-order valence-electron chi connectivity index (χ1n) is 7.55. The number of nitrogens with zero attached hydrogens (tertiary/aromatic N) is 4. The highest BCUT2D eigenvalue weighted by atomic mass is 19.3. The number of likely N-dealkylation sites (tertiary alicyclic amines) is 1. The second kappa shape index (κ2) is 7.43. The Hall–Kier alpha value is -2.75. The van der Waals surface area contributed by atoms with Crippen LogP contribution in [0, 0.1) is 0 Å². The van der Waals surface area contributed by atoms with Gasteiger partial charge in [-0.05, 0) is 12.1 Å². The Balaban J connectivity index is 1.61. The van der Waals surface area contributed by atoms with Crippen LogP contribution in [0.2, 0.25) is 0 Å². The second-order valence-electron chi connectivity index (χ2n) is 5.46. The first-order chi connectivity index (χ1) is 12.0. The molecule has 0 aliphatic carbocycles. The summed E-state index contributed by atoms with van der Waals surface area (Å²) in [7, 11) is 0. The molecule has 1 aliphatic rings. The van der Waals surface area contributed by atoms with E-state index < -0.39 is 24.9 Å². The van der Waals surface area contributed by atoms with Gasteiger partial charge in [-0.25, -0.2) is 14.5 Å². The van der Waals surface area contributed by atoms with E-state index in [0.717, 1.165) is 10.6 Å². The summed E-state index contributed by atoms with van der Waals surface area (Å²) in [5.74, 6) is 0.321. The van der Waals surface area contributed by atoms with Gasteiger partial charge in [0.2, 0.25) is 5.88 Å². The summed E-state index contributed by atoms with van der Waals surface area (Å²) in [4.78, 5) is 16.4. The molecule has 1 saturated heterocycles. The number of rotatable bonds is 6. The maximum absolute atomic E-state index is 12.2. The van der Waals surface area contributed by atoms with Crippen molar-refractivity contribution in [1.82, 2.24) is 19.7 Å². The largest absolute Gasteiger partial charge is 0.472 e. The minimum absolute atomic E-state index is 0.0647. The van der Waals surface area contributed by atoms with Crippen LogP contribution in [-0.2, 0) is 4.74 Å². The molecule has 10 heteroatoms. The van der Waals surface area contributed by atoms with Crippen molar-refractivity contribution in [1.29, 1.82) is 0 Å². The van der Waals surface area contributed by atoms with Crippen LogP contribution in [0.3, 0.4) is 0 Å². The predicted octanol–water partition coefficient (Wildman–Crippen LogP) is 2.01. The van der Waals surface area contributed by atoms with Crippen LogP contribution in [0.1, 0.15) is 6.42 Å². The lowest BCUT2D eigenvalue weighted by Crippen LogP contribution is -2.38. The van der Waals surface area contributed by atoms with E-state index in [1.165, 1.54) is 0 Å². The average Bonchev–Trinajstić information content (AvgIpc) is 3.23. The van der Waals surface area contributed by atoms with Crippen molar-refractivity contribution in [3.8, 4) is 11.6 Å². The van der Waals surface area contributed by atoms with Gasteiger partial charge in [-0.2, -0.15) is 13.9 Å². The molecule has 2 aromatic heterocycles. The summed E-state index contributed by atoms with van der Waals surface area (Å²) in [5.41, 5.74) is 0.749. The van der Waals surface area contributed by atoms with Crippen molar-refractivity contribution in [3.05, 3.63) is 36.8 Å². The van der Waals surface area contributed by atoms with E-state index in [-0.39, 0.29) is 19.6 Å². The van der Waals surface area contributed by atoms with Crippen molar-refractivity contribution in [2.45, 2.75) is 25.2 Å². The normalized spacial score (nSPS) is 20.2. The van der Waals surface area contributed by atoms with Crippen molar-refractivity contribution in [3.63, 3.8) is 0 Å². The molecular formula is C15H16F2N4O4. The van der Waals surface area contributed by atoms with Gasteiger partial charge in [0.05, 0.1) is 31.1 Å². The fraction of sp³-hybridized carbons (Fsp3) is 0.400. The van der Waals surface area contributed by atoms with Crippen LogP contribution < -0.4 is 4.74 Å². The standard InChI is InChI=1S/C15H16F2N4O4/c16-14(17)24-9-11-6-12(8-20(11)15(22)23)25-13-3-2-10(7-18-13)21-5-1-4-19-21/h1-5,7,11-12,14H,6,8-9H2,(H,22,23)/t11-,12-/m0/s1. The number of pyridine rings is 1. The Morgan fingerprint density at radius 1 is 1.44 bits per heavy atom. The SMILES string of the molecule is O=C(O)N1C[C@@H](Oc2ccc(-n3cccn3)cn2)C[C@H]1COC(F)F. The van der Waals surface area contributed by atoms with Gasteiger partial charge in [0, 0.05) is 24.9 Å². The van der Waals surface area contributed by atoms with E-state index >= 15 is 0 Å². The summed E-state index contributed by atoms with van der Waals surface area (Å²) in [6.07, 6.45) is 3.56. The van der Waals surface area contributed by atoms with E-state index in [9.17, 15) is 18.7 Å². The lowest BCUT2D eigenvalue weighted by atomic mass is 10.2. The molecule has 1 N–H and O–H groups in total. The van der Waals surface area contributed by atoms with Crippen molar-refractivity contribution >= 4 is 6.09 Å². The lowest BCUT2D eigenvalue weighted by molar-refractivity contribution is -0.137. The van der Waals surface area contributed by atoms with Gasteiger partial charge in [-0.1, -0.05) is 0 Å². The Bertz CT molecular complexity index is 696. The molecule has 0 spiro atoms. The Labute approximate surface area is 141 Å². The zero-order valence-corrected chi connectivity index (χ0v) is 13.0. The van der Waals surface area contributed by atoms with Crippen LogP contribution in [-0.4, -0.2) is 62.8 Å². The first-order valence-corrected chi connectivity index (χ1v) is 7.55. The third-order valence-electron chi connectivity index (χ3n) is 3.81. The number of halogens is 2. The van der Waals surface area contributed by atoms with Gasteiger partial charge in [-0.15, -0.1) is 0 Å². The molecule has 134 valence electrons. The molecule has 3 heterocycles. The van der Waals surface area contributed by atoms with Crippen LogP contribution in [0.25, 0.3) is 5.69 Å². The number of carboxylic acid groups (broad SMARTS) is 1. The van der Waals surface area contributed by atoms with Gasteiger partial charge in [0.1, 0.15) is 6.10 Å². The highest BCUT2D eigenvalue weighted by Gasteiger charge is 2.37.